The number of methoxy groups -OCH3 is 2. The molecule has 0 aliphatic heterocycles. The van der Waals surface area contributed by atoms with Gasteiger partial charge in [0.05, 0.1) is 13.2 Å². The van der Waals surface area contributed by atoms with Gasteiger partial charge in [-0.3, -0.25) is 4.79 Å². The van der Waals surface area contributed by atoms with Crippen molar-refractivity contribution >= 4 is 5.97 Å². The predicted molar refractivity (Wildman–Crippen MR) is 144 cm³/mol. The van der Waals surface area contributed by atoms with Gasteiger partial charge in [-0.2, -0.15) is 0 Å². The summed E-state index contributed by atoms with van der Waals surface area (Å²) in [6.07, 6.45) is 33.6. The van der Waals surface area contributed by atoms with Crippen LogP contribution >= 0.6 is 0 Å². The van der Waals surface area contributed by atoms with Crippen molar-refractivity contribution in [3.63, 3.8) is 0 Å². The molecule has 1 atom stereocenters. The van der Waals surface area contributed by atoms with Crippen molar-refractivity contribution in [2.45, 2.75) is 174 Å². The highest BCUT2D eigenvalue weighted by atomic mass is 16.5. The number of carbonyl (C=O) groups excluding carboxylic acids is 1. The Morgan fingerprint density at radius 1 is 0.515 bits per heavy atom. The smallest absolute Gasteiger partial charge is 0.305 e. The van der Waals surface area contributed by atoms with Gasteiger partial charge in [0.25, 0.3) is 0 Å². The highest BCUT2D eigenvalue weighted by Gasteiger charge is 2.08. The van der Waals surface area contributed by atoms with Crippen molar-refractivity contribution in [1.82, 2.24) is 0 Å². The number of esters is 1. The van der Waals surface area contributed by atoms with Gasteiger partial charge in [-0.1, -0.05) is 142 Å². The molecule has 0 aliphatic rings. The number of hydrogen-bond donors (Lipinski definition) is 0. The SMILES string of the molecule is CCCCCCCCCCCCCCCCCCCCCCCC(CCCC(=O)OC)OC. The average Bonchev–Trinajstić information content (AvgIpc) is 2.83. The van der Waals surface area contributed by atoms with E-state index in [-0.39, 0.29) is 5.97 Å². The molecule has 0 saturated carbocycles. The third-order valence-corrected chi connectivity index (χ3v) is 7.10. The lowest BCUT2D eigenvalue weighted by molar-refractivity contribution is -0.140. The Balaban J connectivity index is 3.19. The second-order valence-electron chi connectivity index (χ2n) is 10.2. The van der Waals surface area contributed by atoms with E-state index in [1.165, 1.54) is 142 Å². The molecule has 0 rings (SSSR count). The number of rotatable bonds is 27. The largest absolute Gasteiger partial charge is 0.469 e. The van der Waals surface area contributed by atoms with Gasteiger partial charge in [0.15, 0.2) is 0 Å². The first kappa shape index (κ1) is 32.4. The molecular weight excluding hydrogens is 408 g/mol. The summed E-state index contributed by atoms with van der Waals surface area (Å²) < 4.78 is 10.3. The normalized spacial score (nSPS) is 12.2. The van der Waals surface area contributed by atoms with Crippen LogP contribution in [0.4, 0.5) is 0 Å². The van der Waals surface area contributed by atoms with E-state index in [0.717, 1.165) is 19.3 Å². The van der Waals surface area contributed by atoms with Gasteiger partial charge in [0.2, 0.25) is 0 Å². The Morgan fingerprint density at radius 3 is 1.18 bits per heavy atom. The van der Waals surface area contributed by atoms with Gasteiger partial charge >= 0.3 is 5.97 Å². The number of carbonyl (C=O) groups is 1. The second kappa shape index (κ2) is 27.7. The Labute approximate surface area is 208 Å². The van der Waals surface area contributed by atoms with Gasteiger partial charge in [-0.25, -0.2) is 0 Å². The van der Waals surface area contributed by atoms with Crippen molar-refractivity contribution in [2.75, 3.05) is 14.2 Å². The first-order chi connectivity index (χ1) is 16.2. The molecule has 0 amide bonds. The van der Waals surface area contributed by atoms with Crippen LogP contribution in [-0.4, -0.2) is 26.3 Å². The van der Waals surface area contributed by atoms with Crippen molar-refractivity contribution < 1.29 is 14.3 Å². The maximum atomic E-state index is 11.2. The zero-order valence-electron chi connectivity index (χ0n) is 23.0. The first-order valence-electron chi connectivity index (χ1n) is 14.8. The summed E-state index contributed by atoms with van der Waals surface area (Å²) in [7, 11) is 3.25. The lowest BCUT2D eigenvalue weighted by atomic mass is 10.0. The van der Waals surface area contributed by atoms with Crippen LogP contribution in [0.1, 0.15) is 167 Å². The van der Waals surface area contributed by atoms with E-state index in [1.807, 2.05) is 0 Å². The Bertz CT molecular complexity index is 383. The number of ether oxygens (including phenoxy) is 2. The van der Waals surface area contributed by atoms with E-state index in [0.29, 0.717) is 12.5 Å². The van der Waals surface area contributed by atoms with Crippen LogP contribution in [0, 0.1) is 0 Å². The third-order valence-electron chi connectivity index (χ3n) is 7.10. The molecule has 3 heteroatoms. The number of hydrogen-bond acceptors (Lipinski definition) is 3. The lowest BCUT2D eigenvalue weighted by Gasteiger charge is -2.14. The Hall–Kier alpha value is -0.570. The molecule has 0 aliphatic carbocycles. The van der Waals surface area contributed by atoms with Gasteiger partial charge in [-0.05, 0) is 19.3 Å². The van der Waals surface area contributed by atoms with Gasteiger partial charge in [-0.15, -0.1) is 0 Å². The van der Waals surface area contributed by atoms with E-state index in [1.54, 1.807) is 7.11 Å². The summed E-state index contributed by atoms with van der Waals surface area (Å²) in [4.78, 5) is 11.2. The van der Waals surface area contributed by atoms with E-state index in [9.17, 15) is 4.79 Å². The van der Waals surface area contributed by atoms with Crippen molar-refractivity contribution in [1.29, 1.82) is 0 Å². The van der Waals surface area contributed by atoms with Crippen LogP contribution in [0.5, 0.6) is 0 Å². The molecule has 0 bridgehead atoms. The highest BCUT2D eigenvalue weighted by molar-refractivity contribution is 5.68. The molecule has 3 nitrogen and oxygen atoms in total. The molecule has 0 aromatic carbocycles. The van der Waals surface area contributed by atoms with Crippen molar-refractivity contribution in [3.05, 3.63) is 0 Å². The summed E-state index contributed by atoms with van der Waals surface area (Å²) in [5.41, 5.74) is 0. The lowest BCUT2D eigenvalue weighted by Crippen LogP contribution is -2.11. The molecule has 0 fully saturated rings. The quantitative estimate of drug-likeness (QED) is 0.0888. The second-order valence-corrected chi connectivity index (χ2v) is 10.2. The minimum atomic E-state index is -0.112. The topological polar surface area (TPSA) is 35.5 Å². The van der Waals surface area contributed by atoms with E-state index >= 15 is 0 Å². The molecule has 0 radical (unpaired) electrons. The fourth-order valence-electron chi connectivity index (χ4n) is 4.76. The molecule has 0 aromatic heterocycles. The Kier molecular flexibility index (Phi) is 27.2. The molecule has 0 heterocycles. The van der Waals surface area contributed by atoms with Crippen molar-refractivity contribution in [2.24, 2.45) is 0 Å². The van der Waals surface area contributed by atoms with Crippen LogP contribution in [0.15, 0.2) is 0 Å². The molecule has 0 aromatic rings. The standard InChI is InChI=1S/C30H60O3/c1-4-5-6-7-8-9-10-11-12-13-14-15-16-17-18-19-20-21-22-23-24-26-29(32-2)27-25-28-30(31)33-3/h29H,4-28H2,1-3H3. The Morgan fingerprint density at radius 2 is 0.848 bits per heavy atom. The summed E-state index contributed by atoms with van der Waals surface area (Å²) in [6.45, 7) is 2.29. The highest BCUT2D eigenvalue weighted by Crippen LogP contribution is 2.17. The first-order valence-corrected chi connectivity index (χ1v) is 14.8. The maximum absolute atomic E-state index is 11.2. The van der Waals surface area contributed by atoms with Crippen molar-refractivity contribution in [3.8, 4) is 0 Å². The van der Waals surface area contributed by atoms with Crippen LogP contribution in [0.3, 0.4) is 0 Å². The molecule has 33 heavy (non-hydrogen) atoms. The predicted octanol–water partition coefficient (Wildman–Crippen LogP) is 9.95. The van der Waals surface area contributed by atoms with Gasteiger partial charge in [0, 0.05) is 13.5 Å². The minimum Gasteiger partial charge on any atom is -0.469 e. The molecule has 198 valence electrons. The zero-order valence-corrected chi connectivity index (χ0v) is 23.0. The van der Waals surface area contributed by atoms with Gasteiger partial charge in [0.1, 0.15) is 0 Å². The zero-order chi connectivity index (χ0) is 24.2. The monoisotopic (exact) mass is 468 g/mol. The molecule has 0 N–H and O–H groups in total. The molecular formula is C30H60O3. The summed E-state index contributed by atoms with van der Waals surface area (Å²) in [5, 5.41) is 0. The molecule has 0 spiro atoms. The van der Waals surface area contributed by atoms with Gasteiger partial charge < -0.3 is 9.47 Å². The average molecular weight is 469 g/mol. The maximum Gasteiger partial charge on any atom is 0.305 e. The minimum absolute atomic E-state index is 0.112. The van der Waals surface area contributed by atoms with E-state index in [4.69, 9.17) is 9.47 Å². The van der Waals surface area contributed by atoms with E-state index in [2.05, 4.69) is 6.92 Å². The number of unbranched alkanes of at least 4 members (excludes halogenated alkanes) is 20. The molecule has 1 unspecified atom stereocenters. The van der Waals surface area contributed by atoms with Crippen LogP contribution in [-0.2, 0) is 14.3 Å². The summed E-state index contributed by atoms with van der Waals surface area (Å²) >= 11 is 0. The van der Waals surface area contributed by atoms with Crippen LogP contribution in [0.25, 0.3) is 0 Å². The fraction of sp³-hybridized carbons (Fsp3) is 0.967. The summed E-state index contributed by atoms with van der Waals surface area (Å²) in [6, 6.07) is 0. The summed E-state index contributed by atoms with van der Waals surface area (Å²) in [5.74, 6) is -0.112. The molecule has 0 saturated heterocycles. The van der Waals surface area contributed by atoms with Crippen LogP contribution < -0.4 is 0 Å². The van der Waals surface area contributed by atoms with Crippen LogP contribution in [0.2, 0.25) is 0 Å². The van der Waals surface area contributed by atoms with E-state index < -0.39 is 0 Å². The third kappa shape index (κ3) is 25.9. The fourth-order valence-corrected chi connectivity index (χ4v) is 4.76.